The Balaban J connectivity index is 1.48. The molecule has 1 aliphatic heterocycles. The highest BCUT2D eigenvalue weighted by molar-refractivity contribution is 6.21. The molecule has 1 unspecified atom stereocenters. The number of hydrogen-bond donors (Lipinski definition) is 0. The lowest BCUT2D eigenvalue weighted by molar-refractivity contribution is 0.0555. The van der Waals surface area contributed by atoms with E-state index in [1.807, 2.05) is 18.2 Å². The Morgan fingerprint density at radius 3 is 2.24 bits per heavy atom. The summed E-state index contributed by atoms with van der Waals surface area (Å²) >= 11 is 0. The summed E-state index contributed by atoms with van der Waals surface area (Å²) in [5.41, 5.74) is 5.38. The molecule has 5 aromatic rings. The third kappa shape index (κ3) is 3.61. The molecule has 186 valence electrons. The number of imide groups is 1. The monoisotopic (exact) mass is 493 g/mol. The van der Waals surface area contributed by atoms with Gasteiger partial charge in [0.05, 0.1) is 28.8 Å². The van der Waals surface area contributed by atoms with Gasteiger partial charge in [-0.05, 0) is 56.0 Å². The predicted molar refractivity (Wildman–Crippen MR) is 138 cm³/mol. The number of carbonyl (C=O) groups excluding carboxylic acids is 2. The lowest BCUT2D eigenvalue weighted by Gasteiger charge is -2.25. The number of rotatable bonds is 6. The average Bonchev–Trinajstić information content (AvgIpc) is 3.51. The van der Waals surface area contributed by atoms with Crippen LogP contribution in [0.3, 0.4) is 0 Å². The van der Waals surface area contributed by atoms with Crippen LogP contribution in [0.25, 0.3) is 16.7 Å². The van der Waals surface area contributed by atoms with Crippen LogP contribution in [0.2, 0.25) is 0 Å². The van der Waals surface area contributed by atoms with Crippen molar-refractivity contribution in [2.45, 2.75) is 46.7 Å². The van der Waals surface area contributed by atoms with Crippen LogP contribution in [-0.4, -0.2) is 45.8 Å². The Kier molecular flexibility index (Phi) is 5.36. The summed E-state index contributed by atoms with van der Waals surface area (Å²) in [7, 11) is 0. The van der Waals surface area contributed by atoms with Crippen molar-refractivity contribution in [1.82, 2.24) is 34.0 Å². The Morgan fingerprint density at radius 1 is 0.892 bits per heavy atom. The molecule has 1 atom stereocenters. The minimum absolute atomic E-state index is 0.211. The first-order valence-electron chi connectivity index (χ1n) is 12.4. The van der Waals surface area contributed by atoms with Crippen molar-refractivity contribution in [3.05, 3.63) is 88.9 Å². The number of aryl methyl sites for hydroxylation is 1. The molecule has 5 heterocycles. The molecule has 1 aromatic carbocycles. The van der Waals surface area contributed by atoms with Crippen LogP contribution in [-0.2, 0) is 6.54 Å². The summed E-state index contributed by atoms with van der Waals surface area (Å²) < 4.78 is 3.79. The highest BCUT2D eigenvalue weighted by Crippen LogP contribution is 2.35. The van der Waals surface area contributed by atoms with Gasteiger partial charge in [0.25, 0.3) is 11.8 Å². The number of amides is 2. The molecular formula is C28H27N7O2. The molecule has 0 aliphatic carbocycles. The fourth-order valence-electron chi connectivity index (χ4n) is 5.20. The molecule has 1 aliphatic rings. The molecule has 0 spiro atoms. The Morgan fingerprint density at radius 2 is 1.59 bits per heavy atom. The van der Waals surface area contributed by atoms with Gasteiger partial charge in [-0.15, -0.1) is 5.10 Å². The van der Waals surface area contributed by atoms with E-state index in [0.717, 1.165) is 28.0 Å². The van der Waals surface area contributed by atoms with Crippen LogP contribution in [0.5, 0.6) is 0 Å². The fraction of sp³-hybridized carbons (Fsp3) is 0.286. The summed E-state index contributed by atoms with van der Waals surface area (Å²) in [6.07, 6.45) is 3.99. The maximum atomic E-state index is 13.3. The fourth-order valence-corrected chi connectivity index (χ4v) is 5.20. The minimum atomic E-state index is -0.584. The van der Waals surface area contributed by atoms with Crippen molar-refractivity contribution in [3.8, 4) is 0 Å². The summed E-state index contributed by atoms with van der Waals surface area (Å²) in [6.45, 7) is 8.83. The second-order valence-corrected chi connectivity index (χ2v) is 9.97. The summed E-state index contributed by atoms with van der Waals surface area (Å²) in [5, 5.41) is 5.63. The van der Waals surface area contributed by atoms with E-state index in [-0.39, 0.29) is 17.7 Å². The van der Waals surface area contributed by atoms with Crippen LogP contribution >= 0.6 is 0 Å². The SMILES string of the molecule is Cc1c(C)n(Cc2ccccn2)c2ncn3nc(C(CC(C)C)N4C(=O)c5ccccc5C4=O)nc3c12. The zero-order valence-electron chi connectivity index (χ0n) is 21.2. The number of nitrogens with zero attached hydrogens (tertiary/aromatic N) is 7. The molecule has 0 fully saturated rings. The van der Waals surface area contributed by atoms with Gasteiger partial charge < -0.3 is 4.57 Å². The van der Waals surface area contributed by atoms with Crippen LogP contribution in [0.1, 0.15) is 69.8 Å². The first-order valence-corrected chi connectivity index (χ1v) is 12.4. The topological polar surface area (TPSA) is 98.3 Å². The molecule has 37 heavy (non-hydrogen) atoms. The zero-order chi connectivity index (χ0) is 25.8. The second-order valence-electron chi connectivity index (χ2n) is 9.97. The molecule has 6 rings (SSSR count). The van der Waals surface area contributed by atoms with E-state index in [2.05, 4.69) is 37.2 Å². The number of benzene rings is 1. The minimum Gasteiger partial charge on any atom is -0.323 e. The average molecular weight is 494 g/mol. The van der Waals surface area contributed by atoms with Crippen molar-refractivity contribution in [2.24, 2.45) is 5.92 Å². The quantitative estimate of drug-likeness (QED) is 0.323. The summed E-state index contributed by atoms with van der Waals surface area (Å²) in [5.74, 6) is 0.0402. The molecular weight excluding hydrogens is 466 g/mol. The van der Waals surface area contributed by atoms with Crippen molar-refractivity contribution >= 4 is 28.5 Å². The Bertz CT molecular complexity index is 1650. The molecule has 0 saturated carbocycles. The third-order valence-corrected chi connectivity index (χ3v) is 7.14. The smallest absolute Gasteiger partial charge is 0.262 e. The number of fused-ring (bicyclic) bond motifs is 4. The van der Waals surface area contributed by atoms with Gasteiger partial charge in [0, 0.05) is 11.9 Å². The van der Waals surface area contributed by atoms with E-state index in [1.54, 1.807) is 41.3 Å². The van der Waals surface area contributed by atoms with E-state index >= 15 is 0 Å². The molecule has 9 nitrogen and oxygen atoms in total. The Labute approximate surface area is 213 Å². The van der Waals surface area contributed by atoms with Gasteiger partial charge >= 0.3 is 0 Å². The summed E-state index contributed by atoms with van der Waals surface area (Å²) in [6, 6.07) is 12.2. The van der Waals surface area contributed by atoms with E-state index in [0.29, 0.717) is 35.6 Å². The predicted octanol–water partition coefficient (Wildman–Crippen LogP) is 4.52. The van der Waals surface area contributed by atoms with Gasteiger partial charge in [-0.25, -0.2) is 14.5 Å². The van der Waals surface area contributed by atoms with Crippen molar-refractivity contribution in [3.63, 3.8) is 0 Å². The van der Waals surface area contributed by atoms with Crippen LogP contribution < -0.4 is 0 Å². The van der Waals surface area contributed by atoms with E-state index in [1.165, 1.54) is 4.90 Å². The van der Waals surface area contributed by atoms with Crippen molar-refractivity contribution < 1.29 is 9.59 Å². The highest BCUT2D eigenvalue weighted by atomic mass is 16.2. The van der Waals surface area contributed by atoms with Crippen molar-refractivity contribution in [2.75, 3.05) is 0 Å². The van der Waals surface area contributed by atoms with Crippen LogP contribution in [0.15, 0.2) is 55.0 Å². The first-order chi connectivity index (χ1) is 17.8. The van der Waals surface area contributed by atoms with Crippen LogP contribution in [0.4, 0.5) is 0 Å². The second kappa shape index (κ2) is 8.62. The van der Waals surface area contributed by atoms with Gasteiger partial charge in [0.15, 0.2) is 11.5 Å². The third-order valence-electron chi connectivity index (χ3n) is 7.14. The normalized spacial score (nSPS) is 14.4. The lowest BCUT2D eigenvalue weighted by Crippen LogP contribution is -2.35. The van der Waals surface area contributed by atoms with Gasteiger partial charge in [0.1, 0.15) is 18.0 Å². The van der Waals surface area contributed by atoms with Gasteiger partial charge in [-0.3, -0.25) is 19.5 Å². The number of hydrogen-bond acceptors (Lipinski definition) is 6. The maximum absolute atomic E-state index is 13.3. The lowest BCUT2D eigenvalue weighted by atomic mass is 10.0. The van der Waals surface area contributed by atoms with Gasteiger partial charge in [0.2, 0.25) is 0 Å². The largest absolute Gasteiger partial charge is 0.323 e. The molecule has 9 heteroatoms. The van der Waals surface area contributed by atoms with E-state index in [9.17, 15) is 9.59 Å². The number of carbonyl (C=O) groups is 2. The van der Waals surface area contributed by atoms with E-state index < -0.39 is 6.04 Å². The van der Waals surface area contributed by atoms with Crippen LogP contribution in [0, 0.1) is 19.8 Å². The molecule has 0 bridgehead atoms. The number of pyridine rings is 1. The van der Waals surface area contributed by atoms with E-state index in [4.69, 9.17) is 15.1 Å². The van der Waals surface area contributed by atoms with Crippen molar-refractivity contribution in [1.29, 1.82) is 0 Å². The molecule has 0 radical (unpaired) electrons. The van der Waals surface area contributed by atoms with Gasteiger partial charge in [-0.2, -0.15) is 0 Å². The Hall–Kier alpha value is -4.40. The summed E-state index contributed by atoms with van der Waals surface area (Å²) in [4.78, 5) is 42.1. The molecule has 0 saturated heterocycles. The maximum Gasteiger partial charge on any atom is 0.262 e. The zero-order valence-corrected chi connectivity index (χ0v) is 21.2. The standard InChI is InChI=1S/C28H27N7O2/c1-16(2)13-22(35-27(36)20-10-5-6-11-21(20)28(35)37)24-31-26-23-17(3)18(4)33(14-19-9-7-8-12-29-19)25(23)30-15-34(26)32-24/h5-12,15-16,22H,13-14H2,1-4H3. The molecule has 0 N–H and O–H groups in total. The highest BCUT2D eigenvalue weighted by Gasteiger charge is 2.42. The van der Waals surface area contributed by atoms with Gasteiger partial charge in [-0.1, -0.05) is 32.0 Å². The number of aromatic nitrogens is 6. The first kappa shape index (κ1) is 23.0. The molecule has 4 aromatic heterocycles. The molecule has 2 amide bonds.